The first-order chi connectivity index (χ1) is 27.8. The smallest absolute Gasteiger partial charge is 0.0963 e. The highest BCUT2D eigenvalue weighted by atomic mass is 15.0. The minimum Gasteiger partial charge on any atom is -0.311 e. The number of aromatic nitrogens is 5. The highest BCUT2D eigenvalue weighted by molar-refractivity contribution is 6.08. The summed E-state index contributed by atoms with van der Waals surface area (Å²) in [5.74, 6) is 0. The molecule has 6 nitrogen and oxygen atoms in total. The van der Waals surface area contributed by atoms with E-state index in [1.807, 2.05) is 49.2 Å². The third kappa shape index (κ3) is 5.34. The number of benzene rings is 5. The molecule has 0 radical (unpaired) electrons. The van der Waals surface area contributed by atoms with Gasteiger partial charge in [-0.1, -0.05) is 78.9 Å². The molecular weight excluding hydrogens is 685 g/mol. The first-order valence-corrected chi connectivity index (χ1v) is 19.0. The van der Waals surface area contributed by atoms with Crippen LogP contribution in [0.3, 0.4) is 0 Å². The number of aliphatic imine (C=N–C) groups is 1. The van der Waals surface area contributed by atoms with Crippen LogP contribution in [0.1, 0.15) is 12.1 Å². The molecule has 10 aromatic rings. The fourth-order valence-electron chi connectivity index (χ4n) is 8.37. The van der Waals surface area contributed by atoms with E-state index >= 15 is 0 Å². The van der Waals surface area contributed by atoms with Gasteiger partial charge < -0.3 is 9.13 Å². The monoisotopic (exact) mass is 718 g/mol. The van der Waals surface area contributed by atoms with Gasteiger partial charge in [0.15, 0.2) is 0 Å². The molecule has 56 heavy (non-hydrogen) atoms. The molecule has 0 amide bonds. The molecular formula is C50H34N6. The van der Waals surface area contributed by atoms with Crippen molar-refractivity contribution in [3.8, 4) is 55.9 Å². The maximum atomic E-state index is 5.00. The predicted molar refractivity (Wildman–Crippen MR) is 229 cm³/mol. The van der Waals surface area contributed by atoms with E-state index in [9.17, 15) is 0 Å². The Kier molecular flexibility index (Phi) is 7.52. The lowest BCUT2D eigenvalue weighted by atomic mass is 10.0. The van der Waals surface area contributed by atoms with Crippen molar-refractivity contribution in [3.05, 3.63) is 182 Å². The van der Waals surface area contributed by atoms with Crippen LogP contribution in [0.2, 0.25) is 0 Å². The SMILES string of the molecule is C1=Nc2c(n(-c3cccc(-n4c5ccc(-c6cncc(-c7ccccc7)c6)cc5c5ncccc54)c3)c3ccc(-c4cncc(-c5ccccc5)c4)cc23)CC1. The summed E-state index contributed by atoms with van der Waals surface area (Å²) in [5.41, 5.74) is 17.6. The maximum absolute atomic E-state index is 5.00. The molecule has 11 rings (SSSR count). The van der Waals surface area contributed by atoms with Crippen molar-refractivity contribution in [2.75, 3.05) is 0 Å². The van der Waals surface area contributed by atoms with Gasteiger partial charge in [0.25, 0.3) is 0 Å². The maximum Gasteiger partial charge on any atom is 0.0963 e. The van der Waals surface area contributed by atoms with Gasteiger partial charge in [-0.25, -0.2) is 0 Å². The normalized spacial score (nSPS) is 12.4. The van der Waals surface area contributed by atoms with Gasteiger partial charge in [-0.15, -0.1) is 0 Å². The average molecular weight is 719 g/mol. The summed E-state index contributed by atoms with van der Waals surface area (Å²) in [5, 5.41) is 2.24. The van der Waals surface area contributed by atoms with Gasteiger partial charge in [0, 0.05) is 87.3 Å². The van der Waals surface area contributed by atoms with Gasteiger partial charge in [0.05, 0.1) is 27.8 Å². The van der Waals surface area contributed by atoms with Crippen molar-refractivity contribution in [2.45, 2.75) is 12.8 Å². The zero-order valence-electron chi connectivity index (χ0n) is 30.4. The van der Waals surface area contributed by atoms with Crippen LogP contribution in [-0.4, -0.2) is 30.3 Å². The molecule has 5 aromatic heterocycles. The second-order valence-corrected chi connectivity index (χ2v) is 14.3. The quantitative estimate of drug-likeness (QED) is 0.172. The Labute approximate surface area is 323 Å². The van der Waals surface area contributed by atoms with E-state index in [0.29, 0.717) is 0 Å². The number of hydrogen-bond acceptors (Lipinski definition) is 4. The van der Waals surface area contributed by atoms with E-state index in [0.717, 1.165) is 107 Å². The minimum atomic E-state index is 0.906. The highest BCUT2D eigenvalue weighted by Gasteiger charge is 2.22. The van der Waals surface area contributed by atoms with Crippen molar-refractivity contribution < 1.29 is 0 Å². The van der Waals surface area contributed by atoms with E-state index in [1.54, 1.807) is 0 Å². The largest absolute Gasteiger partial charge is 0.311 e. The van der Waals surface area contributed by atoms with Crippen LogP contribution in [0.15, 0.2) is 182 Å². The van der Waals surface area contributed by atoms with Crippen LogP contribution in [0, 0.1) is 0 Å². The minimum absolute atomic E-state index is 0.906. The summed E-state index contributed by atoms with van der Waals surface area (Å²) in [6.07, 6.45) is 13.5. The van der Waals surface area contributed by atoms with Crippen molar-refractivity contribution in [1.82, 2.24) is 24.1 Å². The second-order valence-electron chi connectivity index (χ2n) is 14.3. The summed E-state index contributed by atoms with van der Waals surface area (Å²) in [6.45, 7) is 0. The van der Waals surface area contributed by atoms with Gasteiger partial charge in [0.1, 0.15) is 0 Å². The second kappa shape index (κ2) is 13.1. The molecule has 0 N–H and O–H groups in total. The third-order valence-corrected chi connectivity index (χ3v) is 11.0. The Morgan fingerprint density at radius 2 is 1.02 bits per heavy atom. The van der Waals surface area contributed by atoms with Gasteiger partial charge >= 0.3 is 0 Å². The molecule has 0 spiro atoms. The first-order valence-electron chi connectivity index (χ1n) is 19.0. The van der Waals surface area contributed by atoms with E-state index in [2.05, 4.69) is 153 Å². The van der Waals surface area contributed by atoms with Crippen molar-refractivity contribution in [3.63, 3.8) is 0 Å². The molecule has 1 aliphatic rings. The van der Waals surface area contributed by atoms with Crippen molar-refractivity contribution in [2.24, 2.45) is 4.99 Å². The molecule has 0 bridgehead atoms. The number of rotatable bonds is 6. The Bertz CT molecular complexity index is 3140. The lowest BCUT2D eigenvalue weighted by Gasteiger charge is -2.15. The number of hydrogen-bond donors (Lipinski definition) is 0. The molecule has 0 unspecified atom stereocenters. The third-order valence-electron chi connectivity index (χ3n) is 11.0. The van der Waals surface area contributed by atoms with Crippen LogP contribution in [0.25, 0.3) is 88.7 Å². The standard InChI is InChI=1S/C50H34N6/c1-3-10-33(11-4-1)37-24-39(31-51-29-37)35-18-20-45-43(26-35)49-47(16-8-22-53-49)55(45)41-14-7-15-42(28-41)56-46-21-19-36(27-44(46)50-48(56)17-9-23-54-50)40-25-38(30-52-32-40)34-12-5-2-6-13-34/h1-8,10-16,18-32H,9,17H2. The Balaban J connectivity index is 1.02. The molecule has 0 saturated carbocycles. The lowest BCUT2D eigenvalue weighted by Crippen LogP contribution is -2.04. The Hall–Kier alpha value is -7.44. The Morgan fingerprint density at radius 3 is 1.68 bits per heavy atom. The molecule has 6 heterocycles. The van der Waals surface area contributed by atoms with Crippen LogP contribution in [0.5, 0.6) is 0 Å². The van der Waals surface area contributed by atoms with Gasteiger partial charge in [-0.2, -0.15) is 0 Å². The molecule has 0 saturated heterocycles. The molecule has 0 atom stereocenters. The van der Waals surface area contributed by atoms with Gasteiger partial charge in [-0.3, -0.25) is 19.9 Å². The zero-order valence-corrected chi connectivity index (χ0v) is 30.4. The molecule has 0 fully saturated rings. The topological polar surface area (TPSA) is 60.9 Å². The molecule has 1 aliphatic heterocycles. The number of fused-ring (bicyclic) bond motifs is 6. The highest BCUT2D eigenvalue weighted by Crippen LogP contribution is 2.41. The number of nitrogens with zero attached hydrogens (tertiary/aromatic N) is 6. The predicted octanol–water partition coefficient (Wildman–Crippen LogP) is 12.2. The van der Waals surface area contributed by atoms with Crippen LogP contribution >= 0.6 is 0 Å². The van der Waals surface area contributed by atoms with Crippen LogP contribution in [0.4, 0.5) is 5.69 Å². The summed E-state index contributed by atoms with van der Waals surface area (Å²) in [7, 11) is 0. The summed E-state index contributed by atoms with van der Waals surface area (Å²) in [6, 6.07) is 51.7. The average Bonchev–Trinajstić information content (AvgIpc) is 3.79. The van der Waals surface area contributed by atoms with Crippen LogP contribution in [-0.2, 0) is 6.42 Å². The fourth-order valence-corrected chi connectivity index (χ4v) is 8.37. The zero-order chi connectivity index (χ0) is 37.0. The van der Waals surface area contributed by atoms with E-state index in [1.165, 1.54) is 5.69 Å². The van der Waals surface area contributed by atoms with E-state index < -0.39 is 0 Å². The Morgan fingerprint density at radius 1 is 0.429 bits per heavy atom. The summed E-state index contributed by atoms with van der Waals surface area (Å²) < 4.78 is 4.74. The lowest BCUT2D eigenvalue weighted by molar-refractivity contribution is 0.911. The van der Waals surface area contributed by atoms with Crippen molar-refractivity contribution in [1.29, 1.82) is 0 Å². The molecule has 0 aliphatic carbocycles. The molecule has 6 heteroatoms. The molecule has 5 aromatic carbocycles. The summed E-state index contributed by atoms with van der Waals surface area (Å²) >= 11 is 0. The molecule has 264 valence electrons. The fraction of sp³-hybridized carbons (Fsp3) is 0.0400. The first kappa shape index (κ1) is 32.0. The van der Waals surface area contributed by atoms with Crippen molar-refractivity contribution >= 4 is 44.7 Å². The number of pyridine rings is 3. The van der Waals surface area contributed by atoms with E-state index in [-0.39, 0.29) is 0 Å². The van der Waals surface area contributed by atoms with Gasteiger partial charge in [0.2, 0.25) is 0 Å². The van der Waals surface area contributed by atoms with Gasteiger partial charge in [-0.05, 0) is 102 Å². The summed E-state index contributed by atoms with van der Waals surface area (Å²) in [4.78, 5) is 19.2. The van der Waals surface area contributed by atoms with Crippen LogP contribution < -0.4 is 0 Å². The van der Waals surface area contributed by atoms with E-state index in [4.69, 9.17) is 9.98 Å².